The van der Waals surface area contributed by atoms with Crippen molar-refractivity contribution in [2.24, 2.45) is 0 Å². The maximum atomic E-state index is 12.2. The summed E-state index contributed by atoms with van der Waals surface area (Å²) >= 11 is 0. The number of carbonyl (C=O) groups is 1. The van der Waals surface area contributed by atoms with Gasteiger partial charge < -0.3 is 10.6 Å². The van der Waals surface area contributed by atoms with Crippen molar-refractivity contribution in [3.05, 3.63) is 28.8 Å². The Labute approximate surface area is 107 Å². The molecule has 2 heterocycles. The highest BCUT2D eigenvalue weighted by atomic mass is 16.2. The van der Waals surface area contributed by atoms with Crippen molar-refractivity contribution in [2.75, 3.05) is 31.5 Å². The molecule has 1 saturated heterocycles. The SMILES string of the molecule is Cc1ccc2c(c1C)NC(=O)C2N1CCNCC1. The van der Waals surface area contributed by atoms with E-state index in [9.17, 15) is 4.79 Å². The van der Waals surface area contributed by atoms with Crippen LogP contribution in [-0.4, -0.2) is 37.0 Å². The lowest BCUT2D eigenvalue weighted by molar-refractivity contribution is -0.121. The summed E-state index contributed by atoms with van der Waals surface area (Å²) in [4.78, 5) is 14.5. The van der Waals surface area contributed by atoms with Crippen LogP contribution in [0.15, 0.2) is 12.1 Å². The second kappa shape index (κ2) is 4.37. The molecule has 0 bridgehead atoms. The van der Waals surface area contributed by atoms with Crippen LogP contribution in [-0.2, 0) is 4.79 Å². The number of carbonyl (C=O) groups excluding carboxylic acids is 1. The van der Waals surface area contributed by atoms with Gasteiger partial charge in [0, 0.05) is 37.4 Å². The maximum absolute atomic E-state index is 12.2. The molecule has 1 unspecified atom stereocenters. The molecule has 0 aliphatic carbocycles. The first-order chi connectivity index (χ1) is 8.68. The standard InChI is InChI=1S/C14H19N3O/c1-9-3-4-11-12(10(9)2)16-14(18)13(11)17-7-5-15-6-8-17/h3-4,13,15H,5-8H2,1-2H3,(H,16,18). The van der Waals surface area contributed by atoms with Gasteiger partial charge >= 0.3 is 0 Å². The van der Waals surface area contributed by atoms with Gasteiger partial charge in [0.25, 0.3) is 0 Å². The predicted molar refractivity (Wildman–Crippen MR) is 71.7 cm³/mol. The number of nitrogens with zero attached hydrogens (tertiary/aromatic N) is 1. The smallest absolute Gasteiger partial charge is 0.246 e. The average molecular weight is 245 g/mol. The van der Waals surface area contributed by atoms with Gasteiger partial charge in [0.2, 0.25) is 5.91 Å². The van der Waals surface area contributed by atoms with Crippen molar-refractivity contribution < 1.29 is 4.79 Å². The van der Waals surface area contributed by atoms with E-state index >= 15 is 0 Å². The van der Waals surface area contributed by atoms with Crippen molar-refractivity contribution in [1.29, 1.82) is 0 Å². The normalized spacial score (nSPS) is 23.9. The highest BCUT2D eigenvalue weighted by Gasteiger charge is 2.36. The summed E-state index contributed by atoms with van der Waals surface area (Å²) in [5.74, 6) is 0.126. The van der Waals surface area contributed by atoms with Crippen LogP contribution in [0.5, 0.6) is 0 Å². The number of aryl methyl sites for hydroxylation is 1. The largest absolute Gasteiger partial charge is 0.324 e. The van der Waals surface area contributed by atoms with E-state index < -0.39 is 0 Å². The highest BCUT2D eigenvalue weighted by Crippen LogP contribution is 2.38. The highest BCUT2D eigenvalue weighted by molar-refractivity contribution is 6.03. The fraction of sp³-hybridized carbons (Fsp3) is 0.500. The van der Waals surface area contributed by atoms with Crippen LogP contribution in [0.3, 0.4) is 0 Å². The van der Waals surface area contributed by atoms with Crippen LogP contribution in [0.4, 0.5) is 5.69 Å². The Morgan fingerprint density at radius 2 is 1.94 bits per heavy atom. The molecule has 0 spiro atoms. The third kappa shape index (κ3) is 1.72. The summed E-state index contributed by atoms with van der Waals surface area (Å²) in [5, 5.41) is 6.38. The number of hydrogen-bond acceptors (Lipinski definition) is 3. The molecule has 1 aromatic carbocycles. The molecule has 4 heteroatoms. The summed E-state index contributed by atoms with van der Waals surface area (Å²) < 4.78 is 0. The van der Waals surface area contributed by atoms with Crippen molar-refractivity contribution in [3.63, 3.8) is 0 Å². The van der Waals surface area contributed by atoms with Gasteiger partial charge in [0.1, 0.15) is 6.04 Å². The molecule has 96 valence electrons. The molecule has 2 aliphatic heterocycles. The number of benzene rings is 1. The third-order valence-electron chi connectivity index (χ3n) is 4.08. The van der Waals surface area contributed by atoms with Gasteiger partial charge in [-0.25, -0.2) is 0 Å². The number of anilines is 1. The zero-order chi connectivity index (χ0) is 12.7. The lowest BCUT2D eigenvalue weighted by atomic mass is 10.00. The van der Waals surface area contributed by atoms with E-state index in [-0.39, 0.29) is 11.9 Å². The van der Waals surface area contributed by atoms with Gasteiger partial charge in [-0.1, -0.05) is 12.1 Å². The van der Waals surface area contributed by atoms with Gasteiger partial charge in [-0.2, -0.15) is 0 Å². The number of fused-ring (bicyclic) bond motifs is 1. The summed E-state index contributed by atoms with van der Waals surface area (Å²) in [6, 6.07) is 4.12. The average Bonchev–Trinajstić information content (AvgIpc) is 2.72. The Hall–Kier alpha value is -1.39. The van der Waals surface area contributed by atoms with Crippen LogP contribution in [0, 0.1) is 13.8 Å². The Morgan fingerprint density at radius 3 is 2.67 bits per heavy atom. The first-order valence-electron chi connectivity index (χ1n) is 6.54. The lowest BCUT2D eigenvalue weighted by Gasteiger charge is -2.31. The fourth-order valence-electron chi connectivity index (χ4n) is 2.87. The Morgan fingerprint density at radius 1 is 1.22 bits per heavy atom. The summed E-state index contributed by atoms with van der Waals surface area (Å²) in [5.41, 5.74) is 4.60. The molecule has 1 amide bonds. The first kappa shape index (κ1) is 11.7. The molecule has 3 rings (SSSR count). The molecule has 2 aliphatic rings. The first-order valence-corrected chi connectivity index (χ1v) is 6.54. The van der Waals surface area contributed by atoms with Crippen molar-refractivity contribution in [2.45, 2.75) is 19.9 Å². The predicted octanol–water partition coefficient (Wildman–Crippen LogP) is 1.20. The minimum atomic E-state index is -0.0959. The fourth-order valence-corrected chi connectivity index (χ4v) is 2.87. The van der Waals surface area contributed by atoms with Crippen molar-refractivity contribution in [1.82, 2.24) is 10.2 Å². The Bertz CT molecular complexity index is 492. The minimum Gasteiger partial charge on any atom is -0.324 e. The molecule has 4 nitrogen and oxygen atoms in total. The monoisotopic (exact) mass is 245 g/mol. The molecule has 18 heavy (non-hydrogen) atoms. The van der Waals surface area contributed by atoms with E-state index in [1.165, 1.54) is 11.1 Å². The number of hydrogen-bond donors (Lipinski definition) is 2. The molecule has 0 radical (unpaired) electrons. The van der Waals surface area contributed by atoms with Crippen LogP contribution in [0.1, 0.15) is 22.7 Å². The van der Waals surface area contributed by atoms with Crippen LogP contribution < -0.4 is 10.6 Å². The number of piperazine rings is 1. The molecule has 1 atom stereocenters. The van der Waals surface area contributed by atoms with Crippen molar-refractivity contribution in [3.8, 4) is 0 Å². The number of amides is 1. The van der Waals surface area contributed by atoms with Gasteiger partial charge in [-0.05, 0) is 25.0 Å². The second-order valence-electron chi connectivity index (χ2n) is 5.15. The Balaban J connectivity index is 1.99. The summed E-state index contributed by atoms with van der Waals surface area (Å²) in [6.07, 6.45) is 0. The van der Waals surface area contributed by atoms with Gasteiger partial charge in [-0.15, -0.1) is 0 Å². The lowest BCUT2D eigenvalue weighted by Crippen LogP contribution is -2.46. The summed E-state index contributed by atoms with van der Waals surface area (Å²) in [7, 11) is 0. The second-order valence-corrected chi connectivity index (χ2v) is 5.15. The topological polar surface area (TPSA) is 44.4 Å². The van der Waals surface area contributed by atoms with E-state index in [0.29, 0.717) is 0 Å². The van der Waals surface area contributed by atoms with E-state index in [0.717, 1.165) is 37.4 Å². The number of rotatable bonds is 1. The molecular formula is C14H19N3O. The van der Waals surface area contributed by atoms with E-state index in [4.69, 9.17) is 0 Å². The third-order valence-corrected chi connectivity index (χ3v) is 4.08. The summed E-state index contributed by atoms with van der Waals surface area (Å²) in [6.45, 7) is 7.96. The zero-order valence-electron chi connectivity index (χ0n) is 10.9. The molecule has 1 fully saturated rings. The zero-order valence-corrected chi connectivity index (χ0v) is 10.9. The minimum absolute atomic E-state index is 0.0959. The number of nitrogens with one attached hydrogen (secondary N) is 2. The molecule has 2 N–H and O–H groups in total. The molecule has 1 aromatic rings. The van der Waals surface area contributed by atoms with E-state index in [1.54, 1.807) is 0 Å². The maximum Gasteiger partial charge on any atom is 0.246 e. The van der Waals surface area contributed by atoms with Gasteiger partial charge in [0.15, 0.2) is 0 Å². The Kier molecular flexibility index (Phi) is 2.84. The van der Waals surface area contributed by atoms with Gasteiger partial charge in [0.05, 0.1) is 0 Å². The molecule has 0 aromatic heterocycles. The van der Waals surface area contributed by atoms with E-state index in [1.807, 2.05) is 0 Å². The van der Waals surface area contributed by atoms with Crippen molar-refractivity contribution >= 4 is 11.6 Å². The van der Waals surface area contributed by atoms with E-state index in [2.05, 4.69) is 41.5 Å². The molecule has 0 saturated carbocycles. The molecular weight excluding hydrogens is 226 g/mol. The van der Waals surface area contributed by atoms with Crippen LogP contribution >= 0.6 is 0 Å². The van der Waals surface area contributed by atoms with Crippen LogP contribution in [0.2, 0.25) is 0 Å². The quantitative estimate of drug-likeness (QED) is 0.781. The van der Waals surface area contributed by atoms with Crippen LogP contribution in [0.25, 0.3) is 0 Å². The van der Waals surface area contributed by atoms with Gasteiger partial charge in [-0.3, -0.25) is 9.69 Å².